The van der Waals surface area contributed by atoms with Crippen molar-refractivity contribution in [3.8, 4) is 0 Å². The normalized spacial score (nSPS) is 10.1. The lowest BCUT2D eigenvalue weighted by Gasteiger charge is -2.05. The Kier molecular flexibility index (Phi) is 3.00. The summed E-state index contributed by atoms with van der Waals surface area (Å²) >= 11 is 0. The molecule has 5 nitrogen and oxygen atoms in total. The maximum absolute atomic E-state index is 11.8. The van der Waals surface area contributed by atoms with Gasteiger partial charge in [0.05, 0.1) is 6.54 Å². The lowest BCUT2D eigenvalue weighted by molar-refractivity contribution is 0.0993. The molecule has 17 heavy (non-hydrogen) atoms. The Morgan fingerprint density at radius 3 is 2.65 bits per heavy atom. The Labute approximate surface area is 97.5 Å². The first kappa shape index (κ1) is 11.1. The van der Waals surface area contributed by atoms with Crippen LogP contribution in [-0.4, -0.2) is 15.5 Å². The summed E-state index contributed by atoms with van der Waals surface area (Å²) in [6, 6.07) is 9.47. The van der Waals surface area contributed by atoms with E-state index in [9.17, 15) is 9.59 Å². The Hall–Kier alpha value is -2.43. The summed E-state index contributed by atoms with van der Waals surface area (Å²) in [5, 5.41) is 0. The molecular formula is C12H11N3O2. The largest absolute Gasteiger partial charge is 0.364 e. The molecule has 2 rings (SSSR count). The number of aromatic nitrogens is 2. The van der Waals surface area contributed by atoms with Gasteiger partial charge in [-0.25, -0.2) is 4.98 Å². The lowest BCUT2D eigenvalue weighted by Crippen LogP contribution is -2.30. The van der Waals surface area contributed by atoms with Crippen molar-refractivity contribution >= 4 is 5.91 Å². The highest BCUT2D eigenvalue weighted by atomic mass is 16.2. The van der Waals surface area contributed by atoms with E-state index in [1.54, 1.807) is 0 Å². The molecule has 0 saturated heterocycles. The number of carbonyl (C=O) groups excluding carboxylic acids is 1. The average Bonchev–Trinajstić information content (AvgIpc) is 2.33. The second-order valence-corrected chi connectivity index (χ2v) is 3.56. The predicted molar refractivity (Wildman–Crippen MR) is 62.6 cm³/mol. The maximum Gasteiger partial charge on any atom is 0.282 e. The quantitative estimate of drug-likeness (QED) is 0.827. The van der Waals surface area contributed by atoms with Crippen molar-refractivity contribution in [2.24, 2.45) is 5.73 Å². The molecule has 0 bridgehead atoms. The molecule has 0 saturated carbocycles. The summed E-state index contributed by atoms with van der Waals surface area (Å²) < 4.78 is 1.41. The van der Waals surface area contributed by atoms with Gasteiger partial charge in [0.15, 0.2) is 5.69 Å². The maximum atomic E-state index is 11.8. The molecule has 0 unspecified atom stereocenters. The van der Waals surface area contributed by atoms with Crippen molar-refractivity contribution in [3.05, 3.63) is 64.3 Å². The number of hydrogen-bond donors (Lipinski definition) is 1. The number of primary amides is 1. The van der Waals surface area contributed by atoms with Crippen LogP contribution in [0.2, 0.25) is 0 Å². The van der Waals surface area contributed by atoms with Crippen LogP contribution in [0.15, 0.2) is 47.5 Å². The van der Waals surface area contributed by atoms with Gasteiger partial charge in [-0.2, -0.15) is 0 Å². The Balaban J connectivity index is 2.38. The number of benzene rings is 1. The molecule has 2 aromatic rings. The van der Waals surface area contributed by atoms with E-state index >= 15 is 0 Å². The first-order chi connectivity index (χ1) is 8.18. The van der Waals surface area contributed by atoms with E-state index in [2.05, 4.69) is 4.98 Å². The number of nitrogens with two attached hydrogens (primary N) is 1. The van der Waals surface area contributed by atoms with Gasteiger partial charge in [0.2, 0.25) is 0 Å². The van der Waals surface area contributed by atoms with Crippen LogP contribution < -0.4 is 11.3 Å². The SMILES string of the molecule is NC(=O)c1nccn(Cc2ccccc2)c1=O. The predicted octanol–water partition coefficient (Wildman–Crippen LogP) is 0.390. The number of nitrogens with zero attached hydrogens (tertiary/aromatic N) is 2. The number of rotatable bonds is 3. The van der Waals surface area contributed by atoms with Crippen molar-refractivity contribution in [3.63, 3.8) is 0 Å². The van der Waals surface area contributed by atoms with E-state index in [-0.39, 0.29) is 5.69 Å². The molecular weight excluding hydrogens is 218 g/mol. The molecule has 0 aliphatic heterocycles. The number of carbonyl (C=O) groups is 1. The Morgan fingerprint density at radius 1 is 1.29 bits per heavy atom. The van der Waals surface area contributed by atoms with Crippen molar-refractivity contribution in [2.75, 3.05) is 0 Å². The van der Waals surface area contributed by atoms with E-state index in [4.69, 9.17) is 5.73 Å². The van der Waals surface area contributed by atoms with Crippen LogP contribution >= 0.6 is 0 Å². The standard InChI is InChI=1S/C12H11N3O2/c13-11(16)10-12(17)15(7-6-14-10)8-9-4-2-1-3-5-9/h1-7H,8H2,(H2,13,16). The molecule has 0 aliphatic carbocycles. The lowest BCUT2D eigenvalue weighted by atomic mass is 10.2. The van der Waals surface area contributed by atoms with Crippen molar-refractivity contribution in [1.82, 2.24) is 9.55 Å². The van der Waals surface area contributed by atoms with Crippen LogP contribution in [0.1, 0.15) is 16.1 Å². The van der Waals surface area contributed by atoms with Crippen LogP contribution in [0.3, 0.4) is 0 Å². The van der Waals surface area contributed by atoms with Gasteiger partial charge in [-0.05, 0) is 5.56 Å². The first-order valence-electron chi connectivity index (χ1n) is 5.07. The van der Waals surface area contributed by atoms with Gasteiger partial charge >= 0.3 is 0 Å². The highest BCUT2D eigenvalue weighted by Gasteiger charge is 2.09. The van der Waals surface area contributed by atoms with Gasteiger partial charge in [-0.15, -0.1) is 0 Å². The van der Waals surface area contributed by atoms with Crippen LogP contribution in [0.25, 0.3) is 0 Å². The zero-order valence-corrected chi connectivity index (χ0v) is 9.04. The van der Waals surface area contributed by atoms with Gasteiger partial charge in [-0.1, -0.05) is 30.3 Å². The fourth-order valence-electron chi connectivity index (χ4n) is 1.52. The van der Waals surface area contributed by atoms with Crippen molar-refractivity contribution in [2.45, 2.75) is 6.54 Å². The number of amides is 1. The molecule has 0 aliphatic rings. The van der Waals surface area contributed by atoms with Crippen molar-refractivity contribution < 1.29 is 4.79 Å². The fraction of sp³-hybridized carbons (Fsp3) is 0.0833. The third kappa shape index (κ3) is 2.39. The highest BCUT2D eigenvalue weighted by Crippen LogP contribution is 2.00. The molecule has 1 amide bonds. The molecule has 1 aromatic heterocycles. The topological polar surface area (TPSA) is 78.0 Å². The summed E-state index contributed by atoms with van der Waals surface area (Å²) in [4.78, 5) is 26.5. The first-order valence-corrected chi connectivity index (χ1v) is 5.07. The van der Waals surface area contributed by atoms with Crippen LogP contribution in [0.5, 0.6) is 0 Å². The molecule has 0 atom stereocenters. The highest BCUT2D eigenvalue weighted by molar-refractivity contribution is 5.90. The van der Waals surface area contributed by atoms with E-state index in [0.717, 1.165) is 5.56 Å². The molecule has 5 heteroatoms. The number of hydrogen-bond acceptors (Lipinski definition) is 3. The van der Waals surface area contributed by atoms with Gasteiger partial charge in [-0.3, -0.25) is 9.59 Å². The molecule has 0 fully saturated rings. The molecule has 0 radical (unpaired) electrons. The van der Waals surface area contributed by atoms with Gasteiger partial charge in [0.1, 0.15) is 0 Å². The zero-order chi connectivity index (χ0) is 12.3. The second kappa shape index (κ2) is 4.61. The summed E-state index contributed by atoms with van der Waals surface area (Å²) in [5.74, 6) is -0.808. The van der Waals surface area contributed by atoms with Crippen LogP contribution in [-0.2, 0) is 6.54 Å². The van der Waals surface area contributed by atoms with Gasteiger partial charge in [0, 0.05) is 12.4 Å². The molecule has 1 aromatic carbocycles. The summed E-state index contributed by atoms with van der Waals surface area (Å²) in [6.45, 7) is 0.391. The monoisotopic (exact) mass is 229 g/mol. The van der Waals surface area contributed by atoms with Gasteiger partial charge < -0.3 is 10.3 Å². The van der Waals surface area contributed by atoms with Gasteiger partial charge in [0.25, 0.3) is 11.5 Å². The summed E-state index contributed by atoms with van der Waals surface area (Å²) in [5.41, 5.74) is 5.33. The van der Waals surface area contributed by atoms with E-state index < -0.39 is 11.5 Å². The molecule has 1 heterocycles. The van der Waals surface area contributed by atoms with Crippen LogP contribution in [0.4, 0.5) is 0 Å². The smallest absolute Gasteiger partial charge is 0.282 e. The minimum atomic E-state index is -0.808. The van der Waals surface area contributed by atoms with Crippen LogP contribution in [0, 0.1) is 0 Å². The third-order valence-corrected chi connectivity index (χ3v) is 2.34. The minimum absolute atomic E-state index is 0.233. The Bertz CT molecular complexity index is 590. The summed E-state index contributed by atoms with van der Waals surface area (Å²) in [7, 11) is 0. The summed E-state index contributed by atoms with van der Waals surface area (Å²) in [6.07, 6.45) is 2.92. The minimum Gasteiger partial charge on any atom is -0.364 e. The fourth-order valence-corrected chi connectivity index (χ4v) is 1.52. The third-order valence-electron chi connectivity index (χ3n) is 2.34. The Morgan fingerprint density at radius 2 is 2.00 bits per heavy atom. The molecule has 2 N–H and O–H groups in total. The second-order valence-electron chi connectivity index (χ2n) is 3.56. The average molecular weight is 229 g/mol. The molecule has 0 spiro atoms. The molecule has 86 valence electrons. The van der Waals surface area contributed by atoms with E-state index in [0.29, 0.717) is 6.54 Å². The van der Waals surface area contributed by atoms with E-state index in [1.807, 2.05) is 30.3 Å². The van der Waals surface area contributed by atoms with E-state index in [1.165, 1.54) is 17.0 Å². The van der Waals surface area contributed by atoms with Crippen molar-refractivity contribution in [1.29, 1.82) is 0 Å². The zero-order valence-electron chi connectivity index (χ0n) is 9.04.